The zero-order valence-electron chi connectivity index (χ0n) is 24.2. The van der Waals surface area contributed by atoms with Gasteiger partial charge < -0.3 is 24.3 Å². The molecule has 218 valence electrons. The van der Waals surface area contributed by atoms with E-state index in [0.717, 1.165) is 22.8 Å². The Labute approximate surface area is 245 Å². The van der Waals surface area contributed by atoms with Crippen molar-refractivity contribution in [3.8, 4) is 17.2 Å². The number of ether oxygens (including phenoxy) is 4. The second-order valence-corrected chi connectivity index (χ2v) is 11.2. The van der Waals surface area contributed by atoms with Gasteiger partial charge in [0.25, 0.3) is 0 Å². The Morgan fingerprint density at radius 1 is 1.02 bits per heavy atom. The van der Waals surface area contributed by atoms with Gasteiger partial charge in [-0.15, -0.1) is 0 Å². The van der Waals surface area contributed by atoms with Crippen molar-refractivity contribution in [2.75, 3.05) is 31.8 Å². The van der Waals surface area contributed by atoms with E-state index in [1.807, 2.05) is 38.1 Å². The van der Waals surface area contributed by atoms with Crippen LogP contribution in [0.15, 0.2) is 65.0 Å². The number of nitrogens with one attached hydrogen (secondary N) is 1. The number of benzene rings is 2. The van der Waals surface area contributed by atoms with Gasteiger partial charge in [-0.25, -0.2) is 4.79 Å². The summed E-state index contributed by atoms with van der Waals surface area (Å²) in [7, 11) is 1.62. The number of rotatable bonds is 11. The minimum Gasteiger partial charge on any atom is -0.497 e. The summed E-state index contributed by atoms with van der Waals surface area (Å²) in [6.07, 6.45) is 0.919. The predicted molar refractivity (Wildman–Crippen MR) is 158 cm³/mol. The normalized spacial score (nSPS) is 18.4. The smallest absolute Gasteiger partial charge is 0.336 e. The molecule has 2 aromatic carbocycles. The molecule has 4 rings (SSSR count). The van der Waals surface area contributed by atoms with Crippen LogP contribution in [0.1, 0.15) is 63.5 Å². The van der Waals surface area contributed by atoms with Crippen LogP contribution in [0.5, 0.6) is 17.2 Å². The fraction of sp³-hybridized carbons (Fsp3) is 0.406. The van der Waals surface area contributed by atoms with E-state index in [4.69, 9.17) is 18.9 Å². The molecule has 1 heterocycles. The molecular weight excluding hydrogens is 542 g/mol. The Balaban J connectivity index is 1.76. The molecule has 2 atom stereocenters. The SMILES string of the molecule is CCOc1cc([C@H]2C(C(=O)OCCSCC)=C(C)NC3=C2C(=O)C[C@@H](c2ccc(OC)cc2)C3)ccc1OC(C)=O. The summed E-state index contributed by atoms with van der Waals surface area (Å²) in [6.45, 7) is 7.67. The van der Waals surface area contributed by atoms with E-state index < -0.39 is 17.9 Å². The van der Waals surface area contributed by atoms with Crippen LogP contribution in [0.3, 0.4) is 0 Å². The van der Waals surface area contributed by atoms with Crippen LogP contribution in [0, 0.1) is 0 Å². The van der Waals surface area contributed by atoms with Crippen molar-refractivity contribution < 1.29 is 33.3 Å². The number of dihydropyridines is 1. The summed E-state index contributed by atoms with van der Waals surface area (Å²) >= 11 is 1.69. The molecule has 0 amide bonds. The summed E-state index contributed by atoms with van der Waals surface area (Å²) in [6, 6.07) is 13.0. The number of allylic oxidation sites excluding steroid dienone is 3. The van der Waals surface area contributed by atoms with E-state index in [1.54, 1.807) is 37.1 Å². The number of thioether (sulfide) groups is 1. The molecule has 8 nitrogen and oxygen atoms in total. The summed E-state index contributed by atoms with van der Waals surface area (Å²) < 4.78 is 22.1. The molecule has 2 aliphatic rings. The van der Waals surface area contributed by atoms with Gasteiger partial charge in [-0.1, -0.05) is 25.1 Å². The average molecular weight is 580 g/mol. The summed E-state index contributed by atoms with van der Waals surface area (Å²) in [5, 5.41) is 3.39. The molecule has 0 unspecified atom stereocenters. The van der Waals surface area contributed by atoms with Gasteiger partial charge in [0.15, 0.2) is 17.3 Å². The molecule has 0 bridgehead atoms. The molecule has 9 heteroatoms. The van der Waals surface area contributed by atoms with Gasteiger partial charge in [-0.3, -0.25) is 9.59 Å². The first kappa shape index (κ1) is 30.2. The van der Waals surface area contributed by atoms with Crippen LogP contribution in [-0.2, 0) is 19.1 Å². The predicted octanol–water partition coefficient (Wildman–Crippen LogP) is 5.68. The fourth-order valence-corrected chi connectivity index (χ4v) is 5.87. The number of Topliss-reactive ketones (excluding diaryl/α,β-unsaturated/α-hetero) is 1. The minimum atomic E-state index is -0.660. The Bertz CT molecular complexity index is 1360. The van der Waals surface area contributed by atoms with Crippen molar-refractivity contribution in [1.82, 2.24) is 5.32 Å². The van der Waals surface area contributed by atoms with Crippen molar-refractivity contribution in [1.29, 1.82) is 0 Å². The van der Waals surface area contributed by atoms with Crippen molar-refractivity contribution >= 4 is 29.5 Å². The second kappa shape index (κ2) is 13.8. The molecular formula is C32H37NO7S. The molecule has 0 saturated carbocycles. The number of carbonyl (C=O) groups excluding carboxylic acids is 3. The highest BCUT2D eigenvalue weighted by Crippen LogP contribution is 2.47. The van der Waals surface area contributed by atoms with Crippen LogP contribution in [0.25, 0.3) is 0 Å². The first-order valence-corrected chi connectivity index (χ1v) is 15.0. The summed E-state index contributed by atoms with van der Waals surface area (Å²) in [5.41, 5.74) is 4.12. The van der Waals surface area contributed by atoms with Crippen molar-refractivity contribution in [2.24, 2.45) is 0 Å². The number of carbonyl (C=O) groups is 3. The highest BCUT2D eigenvalue weighted by Gasteiger charge is 2.41. The maximum absolute atomic E-state index is 13.9. The molecule has 0 aromatic heterocycles. The molecule has 1 N–H and O–H groups in total. The lowest BCUT2D eigenvalue weighted by Crippen LogP contribution is -2.36. The number of methoxy groups -OCH3 is 1. The Morgan fingerprint density at radius 2 is 1.76 bits per heavy atom. The maximum atomic E-state index is 13.9. The quantitative estimate of drug-likeness (QED) is 0.205. The summed E-state index contributed by atoms with van der Waals surface area (Å²) in [5.74, 6) is 1.38. The molecule has 41 heavy (non-hydrogen) atoms. The van der Waals surface area contributed by atoms with Crippen LogP contribution in [-0.4, -0.2) is 49.6 Å². The highest BCUT2D eigenvalue weighted by atomic mass is 32.2. The molecule has 0 radical (unpaired) electrons. The standard InChI is InChI=1S/C32H37NO7S/c1-6-38-28-18-22(10-13-27(28)40-20(4)34)30-29(32(36)39-14-15-41-7-2)19(3)33-25-16-23(17-26(35)31(25)30)21-8-11-24(37-5)12-9-21/h8-13,18,23,30,33H,6-7,14-17H2,1-5H3/t23-,30-/m0/s1. The van der Waals surface area contributed by atoms with E-state index in [9.17, 15) is 14.4 Å². The molecule has 1 aliphatic carbocycles. The van der Waals surface area contributed by atoms with E-state index in [0.29, 0.717) is 53.4 Å². The second-order valence-electron chi connectivity index (χ2n) is 9.86. The zero-order valence-corrected chi connectivity index (χ0v) is 25.0. The van der Waals surface area contributed by atoms with E-state index >= 15 is 0 Å². The van der Waals surface area contributed by atoms with Crippen LogP contribution in [0.2, 0.25) is 0 Å². The van der Waals surface area contributed by atoms with Crippen LogP contribution >= 0.6 is 11.8 Å². The Morgan fingerprint density at radius 3 is 2.41 bits per heavy atom. The fourth-order valence-electron chi connectivity index (χ4n) is 5.38. The van der Waals surface area contributed by atoms with Gasteiger partial charge in [0, 0.05) is 42.0 Å². The third kappa shape index (κ3) is 6.96. The average Bonchev–Trinajstić information content (AvgIpc) is 2.95. The van der Waals surface area contributed by atoms with E-state index in [1.165, 1.54) is 6.92 Å². The van der Waals surface area contributed by atoms with Crippen LogP contribution < -0.4 is 19.5 Å². The van der Waals surface area contributed by atoms with E-state index in [2.05, 4.69) is 12.2 Å². The largest absolute Gasteiger partial charge is 0.497 e. The third-order valence-electron chi connectivity index (χ3n) is 7.15. The number of hydrogen-bond acceptors (Lipinski definition) is 9. The first-order chi connectivity index (χ1) is 19.8. The lowest BCUT2D eigenvalue weighted by atomic mass is 9.71. The molecule has 1 aliphatic heterocycles. The van der Waals surface area contributed by atoms with Gasteiger partial charge in [0.2, 0.25) is 0 Å². The van der Waals surface area contributed by atoms with Gasteiger partial charge in [0.1, 0.15) is 12.4 Å². The maximum Gasteiger partial charge on any atom is 0.336 e. The lowest BCUT2D eigenvalue weighted by Gasteiger charge is -2.37. The Kier molecular flexibility index (Phi) is 10.2. The number of esters is 2. The molecule has 0 saturated heterocycles. The van der Waals surface area contributed by atoms with Crippen molar-refractivity contribution in [3.05, 3.63) is 76.1 Å². The topological polar surface area (TPSA) is 100 Å². The van der Waals surface area contributed by atoms with Crippen LogP contribution in [0.4, 0.5) is 0 Å². The van der Waals surface area contributed by atoms with E-state index in [-0.39, 0.29) is 24.1 Å². The van der Waals surface area contributed by atoms with Crippen molar-refractivity contribution in [2.45, 2.75) is 52.4 Å². The minimum absolute atomic E-state index is 0.0157. The lowest BCUT2D eigenvalue weighted by molar-refractivity contribution is -0.138. The third-order valence-corrected chi connectivity index (χ3v) is 8.02. The monoisotopic (exact) mass is 579 g/mol. The summed E-state index contributed by atoms with van der Waals surface area (Å²) in [4.78, 5) is 39.1. The number of hydrogen-bond donors (Lipinski definition) is 1. The van der Waals surface area contributed by atoms with Crippen molar-refractivity contribution in [3.63, 3.8) is 0 Å². The highest BCUT2D eigenvalue weighted by molar-refractivity contribution is 7.99. The van der Waals surface area contributed by atoms with Gasteiger partial charge in [-0.05, 0) is 67.3 Å². The van der Waals surface area contributed by atoms with Gasteiger partial charge >= 0.3 is 11.9 Å². The van der Waals surface area contributed by atoms with Gasteiger partial charge in [-0.2, -0.15) is 11.8 Å². The molecule has 0 fully saturated rings. The number of ketones is 1. The molecule has 2 aromatic rings. The Hall–Kier alpha value is -3.72. The first-order valence-electron chi connectivity index (χ1n) is 13.8. The molecule has 0 spiro atoms. The van der Waals surface area contributed by atoms with Gasteiger partial charge in [0.05, 0.1) is 19.3 Å². The zero-order chi connectivity index (χ0) is 29.5.